The Bertz CT molecular complexity index is 610. The van der Waals surface area contributed by atoms with Crippen LogP contribution in [0.5, 0.6) is 0 Å². The number of benzene rings is 1. The van der Waals surface area contributed by atoms with Crippen molar-refractivity contribution in [3.63, 3.8) is 0 Å². The molecule has 1 aromatic carbocycles. The Kier molecular flexibility index (Phi) is 3.95. The molecule has 1 saturated carbocycles. The van der Waals surface area contributed by atoms with Crippen molar-refractivity contribution in [3.8, 4) is 0 Å². The van der Waals surface area contributed by atoms with E-state index in [0.717, 1.165) is 25.1 Å². The summed E-state index contributed by atoms with van der Waals surface area (Å²) < 4.78 is 56.8. The van der Waals surface area contributed by atoms with Gasteiger partial charge in [-0.3, -0.25) is 0 Å². The zero-order valence-corrected chi connectivity index (χ0v) is 12.2. The van der Waals surface area contributed by atoms with Gasteiger partial charge in [-0.1, -0.05) is 6.07 Å². The molecule has 4 nitrogen and oxygen atoms in total. The maximum atomic E-state index is 13.4. The second-order valence-electron chi connectivity index (χ2n) is 5.94. The van der Waals surface area contributed by atoms with Crippen molar-refractivity contribution >= 4 is 6.09 Å². The zero-order chi connectivity index (χ0) is 16.7. The molecule has 0 spiro atoms. The highest BCUT2D eigenvalue weighted by molar-refractivity contribution is 5.69. The van der Waals surface area contributed by atoms with E-state index in [1.165, 1.54) is 6.07 Å². The van der Waals surface area contributed by atoms with Crippen LogP contribution < -0.4 is 10.6 Å². The molecule has 1 amide bonds. The van der Waals surface area contributed by atoms with Crippen molar-refractivity contribution in [2.75, 3.05) is 13.2 Å². The van der Waals surface area contributed by atoms with Gasteiger partial charge in [-0.25, -0.2) is 9.18 Å². The lowest BCUT2D eigenvalue weighted by molar-refractivity contribution is -0.140. The molecule has 126 valence electrons. The van der Waals surface area contributed by atoms with Crippen LogP contribution in [0.2, 0.25) is 0 Å². The third-order valence-corrected chi connectivity index (χ3v) is 4.26. The predicted octanol–water partition coefficient (Wildman–Crippen LogP) is 2.92. The molecule has 0 aromatic heterocycles. The van der Waals surface area contributed by atoms with E-state index in [2.05, 4.69) is 10.6 Å². The van der Waals surface area contributed by atoms with E-state index in [1.807, 2.05) is 0 Å². The lowest BCUT2D eigenvalue weighted by Crippen LogP contribution is -2.47. The molecule has 8 heteroatoms. The van der Waals surface area contributed by atoms with Gasteiger partial charge in [0.15, 0.2) is 0 Å². The normalized spacial score (nSPS) is 22.2. The largest absolute Gasteiger partial charge is 0.448 e. The molecular formula is C15H16F4N2O2. The van der Waals surface area contributed by atoms with Gasteiger partial charge in [-0.2, -0.15) is 13.2 Å². The highest BCUT2D eigenvalue weighted by Crippen LogP contribution is 2.47. The number of amides is 1. The van der Waals surface area contributed by atoms with Crippen LogP contribution in [-0.4, -0.2) is 25.3 Å². The fraction of sp³-hybridized carbons (Fsp3) is 0.533. The predicted molar refractivity (Wildman–Crippen MR) is 73.2 cm³/mol. The fourth-order valence-corrected chi connectivity index (χ4v) is 2.55. The first-order valence-electron chi connectivity index (χ1n) is 7.36. The number of ether oxygens (including phenoxy) is 1. The number of halogens is 4. The van der Waals surface area contributed by atoms with Crippen molar-refractivity contribution in [1.29, 1.82) is 0 Å². The van der Waals surface area contributed by atoms with Gasteiger partial charge in [0.25, 0.3) is 0 Å². The molecule has 0 bridgehead atoms. The first kappa shape index (κ1) is 16.0. The van der Waals surface area contributed by atoms with Crippen molar-refractivity contribution in [3.05, 3.63) is 35.1 Å². The Labute approximate surface area is 130 Å². The van der Waals surface area contributed by atoms with E-state index in [4.69, 9.17) is 4.74 Å². The number of hydrogen-bond acceptors (Lipinski definition) is 3. The molecule has 1 aromatic rings. The Balaban J connectivity index is 1.69. The Morgan fingerprint density at radius 3 is 2.61 bits per heavy atom. The van der Waals surface area contributed by atoms with Crippen molar-refractivity contribution in [1.82, 2.24) is 10.6 Å². The second-order valence-corrected chi connectivity index (χ2v) is 5.94. The van der Waals surface area contributed by atoms with Gasteiger partial charge in [-0.15, -0.1) is 0 Å². The zero-order valence-electron chi connectivity index (χ0n) is 12.2. The molecule has 0 radical (unpaired) electrons. The van der Waals surface area contributed by atoms with Crippen LogP contribution in [-0.2, 0) is 16.5 Å². The molecular weight excluding hydrogens is 316 g/mol. The maximum Gasteiger partial charge on any atom is 0.419 e. The number of rotatable bonds is 4. The van der Waals surface area contributed by atoms with E-state index < -0.39 is 29.2 Å². The maximum absolute atomic E-state index is 13.4. The van der Waals surface area contributed by atoms with Gasteiger partial charge in [0, 0.05) is 6.04 Å². The van der Waals surface area contributed by atoms with Crippen LogP contribution >= 0.6 is 0 Å². The highest BCUT2D eigenvalue weighted by atomic mass is 19.4. The number of hydrogen-bond donors (Lipinski definition) is 2. The van der Waals surface area contributed by atoms with E-state index in [0.29, 0.717) is 12.8 Å². The van der Waals surface area contributed by atoms with Crippen LogP contribution in [0.25, 0.3) is 0 Å². The van der Waals surface area contributed by atoms with Gasteiger partial charge < -0.3 is 15.4 Å². The lowest BCUT2D eigenvalue weighted by atomic mass is 10.0. The topological polar surface area (TPSA) is 50.4 Å². The first-order valence-corrected chi connectivity index (χ1v) is 7.36. The summed E-state index contributed by atoms with van der Waals surface area (Å²) in [7, 11) is 0. The van der Waals surface area contributed by atoms with Gasteiger partial charge in [0.1, 0.15) is 12.4 Å². The molecule has 23 heavy (non-hydrogen) atoms. The molecule has 1 aliphatic carbocycles. The van der Waals surface area contributed by atoms with Crippen LogP contribution in [0, 0.1) is 5.82 Å². The van der Waals surface area contributed by atoms with Crippen molar-refractivity contribution in [2.24, 2.45) is 0 Å². The molecule has 1 atom stereocenters. The van der Waals surface area contributed by atoms with Gasteiger partial charge in [0.2, 0.25) is 0 Å². The summed E-state index contributed by atoms with van der Waals surface area (Å²) >= 11 is 0. The third kappa shape index (κ3) is 3.41. The lowest BCUT2D eigenvalue weighted by Gasteiger charge is -2.27. The average Bonchev–Trinajstić information content (AvgIpc) is 3.16. The Morgan fingerprint density at radius 2 is 2.09 bits per heavy atom. The molecule has 3 rings (SSSR count). The van der Waals surface area contributed by atoms with Gasteiger partial charge >= 0.3 is 12.3 Å². The first-order chi connectivity index (χ1) is 10.8. The van der Waals surface area contributed by atoms with E-state index >= 15 is 0 Å². The summed E-state index contributed by atoms with van der Waals surface area (Å²) in [5, 5.41) is 5.68. The average molecular weight is 332 g/mol. The smallest absolute Gasteiger partial charge is 0.419 e. The minimum atomic E-state index is -4.77. The molecule has 2 fully saturated rings. The monoisotopic (exact) mass is 332 g/mol. The summed E-state index contributed by atoms with van der Waals surface area (Å²) in [6, 6.07) is 2.95. The Morgan fingerprint density at radius 1 is 1.39 bits per heavy atom. The third-order valence-electron chi connectivity index (χ3n) is 4.26. The van der Waals surface area contributed by atoms with E-state index in [9.17, 15) is 22.4 Å². The van der Waals surface area contributed by atoms with Crippen molar-refractivity contribution in [2.45, 2.75) is 37.0 Å². The van der Waals surface area contributed by atoms with Crippen LogP contribution in [0.1, 0.15) is 30.4 Å². The molecule has 2 N–H and O–H groups in total. The summed E-state index contributed by atoms with van der Waals surface area (Å²) in [6.45, 7) is 1.11. The van der Waals surface area contributed by atoms with Crippen LogP contribution in [0.3, 0.4) is 0 Å². The van der Waals surface area contributed by atoms with Gasteiger partial charge in [-0.05, 0) is 43.5 Å². The minimum absolute atomic E-state index is 0.138. The number of carbonyl (C=O) groups excluding carboxylic acids is 1. The molecule has 2 aliphatic rings. The number of alkyl halides is 3. The van der Waals surface area contributed by atoms with Crippen LogP contribution in [0.4, 0.5) is 22.4 Å². The molecule has 0 unspecified atom stereocenters. The van der Waals surface area contributed by atoms with E-state index in [1.54, 1.807) is 0 Å². The molecule has 1 saturated heterocycles. The molecule has 1 heterocycles. The van der Waals surface area contributed by atoms with Crippen LogP contribution in [0.15, 0.2) is 18.2 Å². The van der Waals surface area contributed by atoms with E-state index in [-0.39, 0.29) is 18.2 Å². The summed E-state index contributed by atoms with van der Waals surface area (Å²) in [6.07, 6.45) is -3.54. The summed E-state index contributed by atoms with van der Waals surface area (Å²) in [5.74, 6) is -1.32. The van der Waals surface area contributed by atoms with Crippen molar-refractivity contribution < 1.29 is 27.1 Å². The second kappa shape index (κ2) is 5.67. The summed E-state index contributed by atoms with van der Waals surface area (Å²) in [4.78, 5) is 11.8. The quantitative estimate of drug-likeness (QED) is 0.834. The highest BCUT2D eigenvalue weighted by Gasteiger charge is 2.47. The Hall–Kier alpha value is -1.83. The molecule has 1 aliphatic heterocycles. The standard InChI is InChI=1S/C15H16F4N2O2/c16-12-2-1-9(7-11(12)15(17,18)19)14(4-5-14)21-13(22)23-8-10-3-6-20-10/h1-2,7,10,20H,3-6,8H2,(H,21,22)/t10-/m0/s1. The SMILES string of the molecule is O=C(NC1(c2ccc(F)c(C(F)(F)F)c2)CC1)OC[C@@H]1CCN1. The van der Waals surface area contributed by atoms with Gasteiger partial charge in [0.05, 0.1) is 11.1 Å². The number of alkyl carbamates (subject to hydrolysis) is 1. The fourth-order valence-electron chi connectivity index (χ4n) is 2.55. The summed E-state index contributed by atoms with van der Waals surface area (Å²) in [5.41, 5.74) is -1.97. The minimum Gasteiger partial charge on any atom is -0.448 e. The number of nitrogens with one attached hydrogen (secondary N) is 2. The number of carbonyl (C=O) groups is 1.